The van der Waals surface area contributed by atoms with Crippen molar-refractivity contribution >= 4 is 16.0 Å². The molecule has 9 heteroatoms. The zero-order valence-electron chi connectivity index (χ0n) is 23.8. The number of carboxylic acid groups (broad SMARTS) is 1. The summed E-state index contributed by atoms with van der Waals surface area (Å²) in [6, 6.07) is 19.2. The Kier molecular flexibility index (Phi) is 9.64. The lowest BCUT2D eigenvalue weighted by Gasteiger charge is -2.31. The number of benzene rings is 3. The van der Waals surface area contributed by atoms with Crippen molar-refractivity contribution in [2.24, 2.45) is 5.92 Å². The minimum Gasteiger partial charge on any atom is -0.481 e. The first-order valence-corrected chi connectivity index (χ1v) is 15.3. The van der Waals surface area contributed by atoms with Crippen molar-refractivity contribution < 1.29 is 27.8 Å². The summed E-state index contributed by atoms with van der Waals surface area (Å²) in [5.74, 6) is -0.999. The Hall–Kier alpha value is -3.11. The third kappa shape index (κ3) is 8.01. The number of β-amino-alcohol motifs (C(OH)–C–C–N with tert-alkyl or cyclic N) is 1. The van der Waals surface area contributed by atoms with E-state index >= 15 is 0 Å². The molecule has 0 heterocycles. The van der Waals surface area contributed by atoms with Crippen LogP contribution in [-0.2, 0) is 34.1 Å². The molecule has 3 aromatic rings. The van der Waals surface area contributed by atoms with Crippen LogP contribution in [0.25, 0.3) is 11.1 Å². The van der Waals surface area contributed by atoms with E-state index in [2.05, 4.69) is 43.4 Å². The molecule has 3 N–H and O–H groups in total. The predicted octanol–water partition coefficient (Wildman–Crippen LogP) is 4.66. The number of halogens is 1. The number of sulfonamides is 1. The molecule has 7 nitrogen and oxygen atoms in total. The van der Waals surface area contributed by atoms with E-state index in [1.165, 1.54) is 42.4 Å². The summed E-state index contributed by atoms with van der Waals surface area (Å²) in [4.78, 5) is 11.0. The number of carbonyl (C=O) groups is 1. The van der Waals surface area contributed by atoms with Gasteiger partial charge in [-0.3, -0.25) is 4.79 Å². The van der Waals surface area contributed by atoms with Gasteiger partial charge >= 0.3 is 5.97 Å². The van der Waals surface area contributed by atoms with Crippen LogP contribution >= 0.6 is 0 Å². The first-order valence-electron chi connectivity index (χ1n) is 13.9. The van der Waals surface area contributed by atoms with E-state index < -0.39 is 27.9 Å². The minimum absolute atomic E-state index is 0.0345. The van der Waals surface area contributed by atoms with Crippen molar-refractivity contribution in [1.82, 2.24) is 9.62 Å². The van der Waals surface area contributed by atoms with Gasteiger partial charge in [-0.2, -0.15) is 4.31 Å². The fourth-order valence-corrected chi connectivity index (χ4v) is 6.90. The van der Waals surface area contributed by atoms with Gasteiger partial charge in [-0.25, -0.2) is 12.8 Å². The van der Waals surface area contributed by atoms with Crippen molar-refractivity contribution in [3.63, 3.8) is 0 Å². The lowest BCUT2D eigenvalue weighted by atomic mass is 9.88. The summed E-state index contributed by atoms with van der Waals surface area (Å²) in [7, 11) is -2.48. The smallest absolute Gasteiger partial charge is 0.303 e. The SMILES string of the molecule is CN(C[C@H](O)CNC(C)(C)CC1Cc2ccccc2C1)S(=O)(=O)c1cccc(-c2ccc(F)c(CCC(=O)O)c2)c1. The lowest BCUT2D eigenvalue weighted by Crippen LogP contribution is -2.47. The number of aliphatic hydroxyl groups excluding tert-OH is 1. The largest absolute Gasteiger partial charge is 0.481 e. The van der Waals surface area contributed by atoms with E-state index in [1.54, 1.807) is 18.2 Å². The summed E-state index contributed by atoms with van der Waals surface area (Å²) < 4.78 is 42.1. The van der Waals surface area contributed by atoms with Gasteiger partial charge in [-0.15, -0.1) is 0 Å². The second kappa shape index (κ2) is 12.8. The Labute approximate surface area is 242 Å². The molecule has 0 unspecified atom stereocenters. The maximum absolute atomic E-state index is 14.2. The molecule has 3 aromatic carbocycles. The maximum atomic E-state index is 14.2. The van der Waals surface area contributed by atoms with Crippen LogP contribution in [0.3, 0.4) is 0 Å². The standard InChI is InChI=1S/C32H39FN2O5S/c1-32(2,19-22-15-23-7-4-5-8-24(23)16-22)34-20-28(36)21-35(3)41(39,40)29-10-6-9-25(18-29)26-11-13-30(33)27(17-26)12-14-31(37)38/h4-11,13,17-18,22,28,34,36H,12,14-16,19-21H2,1-3H3,(H,37,38)/t28-/m1/s1. The highest BCUT2D eigenvalue weighted by Gasteiger charge is 2.29. The molecule has 0 aromatic heterocycles. The molecule has 1 atom stereocenters. The number of nitrogens with one attached hydrogen (secondary N) is 1. The Balaban J connectivity index is 1.36. The van der Waals surface area contributed by atoms with Crippen LogP contribution in [0.1, 0.15) is 43.4 Å². The molecule has 1 aliphatic carbocycles. The van der Waals surface area contributed by atoms with Crippen LogP contribution in [0.5, 0.6) is 0 Å². The van der Waals surface area contributed by atoms with Crippen molar-refractivity contribution in [3.8, 4) is 11.1 Å². The average Bonchev–Trinajstić information content (AvgIpc) is 3.33. The molecule has 1 aliphatic rings. The Bertz CT molecular complexity index is 1470. The van der Waals surface area contributed by atoms with Crippen LogP contribution in [0, 0.1) is 11.7 Å². The minimum atomic E-state index is -3.91. The first kappa shape index (κ1) is 30.8. The van der Waals surface area contributed by atoms with Crippen molar-refractivity contribution in [2.45, 2.75) is 62.5 Å². The number of likely N-dealkylation sites (N-methyl/N-ethyl adjacent to an activating group) is 1. The third-order valence-corrected chi connectivity index (χ3v) is 9.57. The van der Waals surface area contributed by atoms with Crippen molar-refractivity contribution in [1.29, 1.82) is 0 Å². The number of hydrogen-bond acceptors (Lipinski definition) is 5. The molecule has 0 aliphatic heterocycles. The summed E-state index contributed by atoms with van der Waals surface area (Å²) in [5.41, 5.74) is 3.99. The second-order valence-corrected chi connectivity index (χ2v) is 13.7. The van der Waals surface area contributed by atoms with E-state index in [1.807, 2.05) is 0 Å². The first-order chi connectivity index (χ1) is 19.3. The molecule has 0 saturated carbocycles. The zero-order valence-corrected chi connectivity index (χ0v) is 24.6. The topological polar surface area (TPSA) is 107 Å². The number of aliphatic hydroxyl groups is 1. The van der Waals surface area contributed by atoms with E-state index in [0.717, 1.165) is 23.6 Å². The quantitative estimate of drug-likeness (QED) is 0.271. The Morgan fingerprint density at radius 1 is 1.05 bits per heavy atom. The molecule has 0 bridgehead atoms. The fraction of sp³-hybridized carbons (Fsp3) is 0.406. The second-order valence-electron chi connectivity index (χ2n) is 11.7. The van der Waals surface area contributed by atoms with Gasteiger partial charge in [0.25, 0.3) is 0 Å². The highest BCUT2D eigenvalue weighted by Crippen LogP contribution is 2.32. The summed E-state index contributed by atoms with van der Waals surface area (Å²) in [6.45, 7) is 4.38. The Morgan fingerprint density at radius 3 is 2.37 bits per heavy atom. The van der Waals surface area contributed by atoms with E-state index in [9.17, 15) is 22.7 Å². The molecule has 0 saturated heterocycles. The number of carboxylic acids is 1. The van der Waals surface area contributed by atoms with Gasteiger partial charge < -0.3 is 15.5 Å². The summed E-state index contributed by atoms with van der Waals surface area (Å²) in [6.07, 6.45) is 1.95. The zero-order chi connectivity index (χ0) is 29.8. The number of hydrogen-bond donors (Lipinski definition) is 3. The van der Waals surface area contributed by atoms with Crippen LogP contribution in [0.4, 0.5) is 4.39 Å². The number of rotatable bonds is 13. The number of aliphatic carboxylic acids is 1. The van der Waals surface area contributed by atoms with Crippen LogP contribution in [0.2, 0.25) is 0 Å². The molecule has 0 fully saturated rings. The van der Waals surface area contributed by atoms with Crippen molar-refractivity contribution in [3.05, 3.63) is 89.2 Å². The number of aryl methyl sites for hydroxylation is 1. The maximum Gasteiger partial charge on any atom is 0.303 e. The van der Waals surface area contributed by atoms with Crippen LogP contribution in [-0.4, -0.2) is 60.7 Å². The summed E-state index contributed by atoms with van der Waals surface area (Å²) >= 11 is 0. The monoisotopic (exact) mass is 582 g/mol. The highest BCUT2D eigenvalue weighted by molar-refractivity contribution is 7.89. The number of fused-ring (bicyclic) bond motifs is 1. The predicted molar refractivity (Wildman–Crippen MR) is 158 cm³/mol. The van der Waals surface area contributed by atoms with Crippen LogP contribution in [0.15, 0.2) is 71.6 Å². The third-order valence-electron chi connectivity index (χ3n) is 7.75. The molecular weight excluding hydrogens is 543 g/mol. The van der Waals surface area contributed by atoms with E-state index in [4.69, 9.17) is 5.11 Å². The average molecular weight is 583 g/mol. The number of nitrogens with zero attached hydrogens (tertiary/aromatic N) is 1. The molecule has 220 valence electrons. The molecule has 0 amide bonds. The van der Waals surface area contributed by atoms with Crippen LogP contribution < -0.4 is 5.32 Å². The Morgan fingerprint density at radius 2 is 1.71 bits per heavy atom. The molecule has 0 radical (unpaired) electrons. The molecular formula is C32H39FN2O5S. The van der Waals surface area contributed by atoms with Gasteiger partial charge in [0.2, 0.25) is 10.0 Å². The highest BCUT2D eigenvalue weighted by atomic mass is 32.2. The van der Waals surface area contributed by atoms with Crippen molar-refractivity contribution in [2.75, 3.05) is 20.1 Å². The van der Waals surface area contributed by atoms with E-state index in [0.29, 0.717) is 17.0 Å². The van der Waals surface area contributed by atoms with E-state index in [-0.39, 0.29) is 41.9 Å². The lowest BCUT2D eigenvalue weighted by molar-refractivity contribution is -0.136. The van der Waals surface area contributed by atoms with Gasteiger partial charge in [-0.1, -0.05) is 42.5 Å². The van der Waals surface area contributed by atoms with Gasteiger partial charge in [-0.05, 0) is 97.5 Å². The molecule has 41 heavy (non-hydrogen) atoms. The van der Waals surface area contributed by atoms with Gasteiger partial charge in [0.15, 0.2) is 0 Å². The normalized spacial score (nSPS) is 14.8. The van der Waals surface area contributed by atoms with Gasteiger partial charge in [0, 0.05) is 32.1 Å². The summed E-state index contributed by atoms with van der Waals surface area (Å²) in [5, 5.41) is 23.1. The molecule has 0 spiro atoms. The van der Waals surface area contributed by atoms with Gasteiger partial charge in [0.05, 0.1) is 11.0 Å². The molecule has 4 rings (SSSR count). The fourth-order valence-electron chi connectivity index (χ4n) is 5.65. The van der Waals surface area contributed by atoms with Gasteiger partial charge in [0.1, 0.15) is 5.82 Å².